The van der Waals surface area contributed by atoms with Gasteiger partial charge < -0.3 is 15.8 Å². The Morgan fingerprint density at radius 3 is 2.65 bits per heavy atom. The summed E-state index contributed by atoms with van der Waals surface area (Å²) in [5.74, 6) is 0.501. The van der Waals surface area contributed by atoms with Crippen LogP contribution in [0.3, 0.4) is 0 Å². The SMILES string of the molecule is CCOCC(Nc1cccc(C)c1N)C(C)C. The maximum Gasteiger partial charge on any atom is 0.0670 e. The van der Waals surface area contributed by atoms with Gasteiger partial charge in [0.1, 0.15) is 0 Å². The minimum atomic E-state index is 0.291. The fraction of sp³-hybridized carbons (Fsp3) is 0.571. The van der Waals surface area contributed by atoms with E-state index in [1.807, 2.05) is 32.0 Å². The molecule has 0 saturated heterocycles. The lowest BCUT2D eigenvalue weighted by Gasteiger charge is -2.24. The minimum Gasteiger partial charge on any atom is -0.397 e. The summed E-state index contributed by atoms with van der Waals surface area (Å²) < 4.78 is 5.50. The summed E-state index contributed by atoms with van der Waals surface area (Å²) in [5, 5.41) is 3.47. The fourth-order valence-electron chi connectivity index (χ4n) is 1.65. The van der Waals surface area contributed by atoms with Crippen molar-refractivity contribution >= 4 is 11.4 Å². The van der Waals surface area contributed by atoms with Crippen molar-refractivity contribution in [2.24, 2.45) is 5.92 Å². The van der Waals surface area contributed by atoms with E-state index in [1.54, 1.807) is 0 Å². The van der Waals surface area contributed by atoms with Crippen LogP contribution in [0.25, 0.3) is 0 Å². The molecule has 0 aliphatic rings. The van der Waals surface area contributed by atoms with Crippen molar-refractivity contribution < 1.29 is 4.74 Å². The average Bonchev–Trinajstić information content (AvgIpc) is 2.29. The molecular formula is C14H24N2O. The van der Waals surface area contributed by atoms with E-state index >= 15 is 0 Å². The number of anilines is 2. The normalized spacial score (nSPS) is 12.8. The topological polar surface area (TPSA) is 47.3 Å². The highest BCUT2D eigenvalue weighted by atomic mass is 16.5. The molecule has 0 saturated carbocycles. The Labute approximate surface area is 104 Å². The largest absolute Gasteiger partial charge is 0.397 e. The molecule has 0 bridgehead atoms. The molecule has 0 aliphatic carbocycles. The lowest BCUT2D eigenvalue weighted by Crippen LogP contribution is -2.31. The van der Waals surface area contributed by atoms with E-state index in [0.717, 1.165) is 23.5 Å². The number of nitrogen functional groups attached to an aromatic ring is 1. The van der Waals surface area contributed by atoms with Crippen molar-refractivity contribution in [2.45, 2.75) is 33.7 Å². The molecule has 3 nitrogen and oxygen atoms in total. The number of aryl methyl sites for hydroxylation is 1. The number of para-hydroxylation sites is 1. The molecule has 1 aromatic rings. The number of rotatable bonds is 6. The lowest BCUT2D eigenvalue weighted by atomic mass is 10.0. The van der Waals surface area contributed by atoms with Crippen molar-refractivity contribution in [3.8, 4) is 0 Å². The smallest absolute Gasteiger partial charge is 0.0670 e. The molecule has 96 valence electrons. The van der Waals surface area contributed by atoms with Crippen LogP contribution in [0.2, 0.25) is 0 Å². The molecule has 0 heterocycles. The van der Waals surface area contributed by atoms with Crippen molar-refractivity contribution in [1.29, 1.82) is 0 Å². The molecule has 0 amide bonds. The first-order valence-electron chi connectivity index (χ1n) is 6.25. The summed E-state index contributed by atoms with van der Waals surface area (Å²) in [6.45, 7) is 9.85. The predicted molar refractivity (Wildman–Crippen MR) is 74.3 cm³/mol. The number of benzene rings is 1. The Morgan fingerprint density at radius 1 is 1.35 bits per heavy atom. The van der Waals surface area contributed by atoms with Crippen LogP contribution in [0.5, 0.6) is 0 Å². The zero-order valence-electron chi connectivity index (χ0n) is 11.3. The van der Waals surface area contributed by atoms with E-state index in [-0.39, 0.29) is 0 Å². The Hall–Kier alpha value is -1.22. The Bertz CT molecular complexity index is 350. The predicted octanol–water partition coefficient (Wildman–Crippen LogP) is 3.05. The Balaban J connectivity index is 2.75. The van der Waals surface area contributed by atoms with Gasteiger partial charge >= 0.3 is 0 Å². The summed E-state index contributed by atoms with van der Waals surface area (Å²) in [6.07, 6.45) is 0. The first-order valence-corrected chi connectivity index (χ1v) is 6.25. The molecule has 0 aromatic heterocycles. The van der Waals surface area contributed by atoms with Gasteiger partial charge in [0.2, 0.25) is 0 Å². The molecule has 0 aliphatic heterocycles. The maximum atomic E-state index is 6.06. The summed E-state index contributed by atoms with van der Waals surface area (Å²) in [6, 6.07) is 6.35. The average molecular weight is 236 g/mol. The minimum absolute atomic E-state index is 0.291. The summed E-state index contributed by atoms with van der Waals surface area (Å²) in [4.78, 5) is 0. The van der Waals surface area contributed by atoms with Crippen molar-refractivity contribution in [2.75, 3.05) is 24.3 Å². The molecule has 1 rings (SSSR count). The monoisotopic (exact) mass is 236 g/mol. The van der Waals surface area contributed by atoms with Crippen molar-refractivity contribution in [1.82, 2.24) is 0 Å². The molecule has 0 fully saturated rings. The molecule has 0 spiro atoms. The van der Waals surface area contributed by atoms with Crippen LogP contribution < -0.4 is 11.1 Å². The van der Waals surface area contributed by atoms with Gasteiger partial charge in [-0.2, -0.15) is 0 Å². The first kappa shape index (κ1) is 13.8. The summed E-state index contributed by atoms with van der Waals surface area (Å²) >= 11 is 0. The standard InChI is InChI=1S/C14H24N2O/c1-5-17-9-13(10(2)3)16-12-8-6-7-11(4)14(12)15/h6-8,10,13,16H,5,9,15H2,1-4H3. The second kappa shape index (κ2) is 6.50. The highest BCUT2D eigenvalue weighted by Crippen LogP contribution is 2.23. The summed E-state index contributed by atoms with van der Waals surface area (Å²) in [5.41, 5.74) is 8.99. The van der Waals surface area contributed by atoms with Crippen LogP contribution in [0.4, 0.5) is 11.4 Å². The third kappa shape index (κ3) is 3.93. The zero-order valence-corrected chi connectivity index (χ0v) is 11.3. The zero-order chi connectivity index (χ0) is 12.8. The van der Waals surface area contributed by atoms with Crippen LogP contribution in [-0.4, -0.2) is 19.3 Å². The van der Waals surface area contributed by atoms with Gasteiger partial charge in [-0.25, -0.2) is 0 Å². The van der Waals surface area contributed by atoms with Gasteiger partial charge in [-0.3, -0.25) is 0 Å². The van der Waals surface area contributed by atoms with Gasteiger partial charge in [-0.1, -0.05) is 26.0 Å². The van der Waals surface area contributed by atoms with E-state index in [4.69, 9.17) is 10.5 Å². The number of ether oxygens (including phenoxy) is 1. The van der Waals surface area contributed by atoms with Gasteiger partial charge in [0.05, 0.1) is 24.0 Å². The lowest BCUT2D eigenvalue weighted by molar-refractivity contribution is 0.127. The molecular weight excluding hydrogens is 212 g/mol. The van der Waals surface area contributed by atoms with Crippen LogP contribution in [0, 0.1) is 12.8 Å². The number of hydrogen-bond acceptors (Lipinski definition) is 3. The van der Waals surface area contributed by atoms with E-state index < -0.39 is 0 Å². The molecule has 1 atom stereocenters. The van der Waals surface area contributed by atoms with Crippen LogP contribution in [-0.2, 0) is 4.74 Å². The highest BCUT2D eigenvalue weighted by molar-refractivity contribution is 5.69. The molecule has 1 aromatic carbocycles. The van der Waals surface area contributed by atoms with E-state index in [9.17, 15) is 0 Å². The van der Waals surface area contributed by atoms with E-state index in [0.29, 0.717) is 18.6 Å². The van der Waals surface area contributed by atoms with Gasteiger partial charge in [-0.05, 0) is 31.4 Å². The van der Waals surface area contributed by atoms with E-state index in [1.165, 1.54) is 0 Å². The van der Waals surface area contributed by atoms with Crippen molar-refractivity contribution in [3.63, 3.8) is 0 Å². The fourth-order valence-corrected chi connectivity index (χ4v) is 1.65. The highest BCUT2D eigenvalue weighted by Gasteiger charge is 2.14. The molecule has 1 unspecified atom stereocenters. The maximum absolute atomic E-state index is 6.06. The van der Waals surface area contributed by atoms with E-state index in [2.05, 4.69) is 19.2 Å². The Morgan fingerprint density at radius 2 is 2.06 bits per heavy atom. The Kier molecular flexibility index (Phi) is 5.29. The van der Waals surface area contributed by atoms with Gasteiger partial charge in [0, 0.05) is 6.61 Å². The van der Waals surface area contributed by atoms with Crippen LogP contribution >= 0.6 is 0 Å². The number of nitrogens with two attached hydrogens (primary N) is 1. The second-order valence-corrected chi connectivity index (χ2v) is 4.69. The quantitative estimate of drug-likeness (QED) is 0.746. The second-order valence-electron chi connectivity index (χ2n) is 4.69. The van der Waals surface area contributed by atoms with Crippen LogP contribution in [0.15, 0.2) is 18.2 Å². The van der Waals surface area contributed by atoms with Crippen LogP contribution in [0.1, 0.15) is 26.3 Å². The molecule has 3 N–H and O–H groups in total. The molecule has 3 heteroatoms. The molecule has 17 heavy (non-hydrogen) atoms. The number of hydrogen-bond donors (Lipinski definition) is 2. The van der Waals surface area contributed by atoms with Gasteiger partial charge in [0.15, 0.2) is 0 Å². The third-order valence-electron chi connectivity index (χ3n) is 2.97. The van der Waals surface area contributed by atoms with Gasteiger partial charge in [-0.15, -0.1) is 0 Å². The first-order chi connectivity index (χ1) is 8.06. The van der Waals surface area contributed by atoms with Crippen molar-refractivity contribution in [3.05, 3.63) is 23.8 Å². The number of nitrogens with one attached hydrogen (secondary N) is 1. The third-order valence-corrected chi connectivity index (χ3v) is 2.97. The van der Waals surface area contributed by atoms with Gasteiger partial charge in [0.25, 0.3) is 0 Å². The molecule has 0 radical (unpaired) electrons. The summed E-state index contributed by atoms with van der Waals surface area (Å²) in [7, 11) is 0.